The van der Waals surface area contributed by atoms with E-state index in [9.17, 15) is 9.35 Å². The Kier molecular flexibility index (Phi) is 6.20. The first kappa shape index (κ1) is 18.1. The van der Waals surface area contributed by atoms with Gasteiger partial charge in [-0.1, -0.05) is 35.9 Å². The molecule has 1 aliphatic rings. The minimum atomic E-state index is -1.38. The monoisotopic (exact) mass is 378 g/mol. The summed E-state index contributed by atoms with van der Waals surface area (Å²) in [7, 11) is 0. The number of para-hydroxylation sites is 1. The molecule has 2 aromatic rings. The molecule has 0 bridgehead atoms. The minimum absolute atomic E-state index is 0.0981. The fourth-order valence-electron chi connectivity index (χ4n) is 2.69. The summed E-state index contributed by atoms with van der Waals surface area (Å²) in [6.45, 7) is 2.67. The molecule has 7 heteroatoms. The van der Waals surface area contributed by atoms with E-state index in [0.717, 1.165) is 5.69 Å². The van der Waals surface area contributed by atoms with Gasteiger partial charge < -0.3 is 19.5 Å². The van der Waals surface area contributed by atoms with Crippen LogP contribution >= 0.6 is 11.6 Å². The molecule has 1 amide bonds. The standard InChI is InChI=1S/C18H19ClN2O3S/c19-15-7-4-8-16(18(15)21-9-11-24-12-10-21)20-17(22)13-25(23)14-5-2-1-3-6-14/h1-8H,9-13H2,(H,20,22). The van der Waals surface area contributed by atoms with Gasteiger partial charge in [-0.2, -0.15) is 0 Å². The van der Waals surface area contributed by atoms with Crippen molar-refractivity contribution in [1.29, 1.82) is 0 Å². The van der Waals surface area contributed by atoms with Crippen LogP contribution in [0.2, 0.25) is 5.02 Å². The Balaban J connectivity index is 1.71. The normalized spacial score (nSPS) is 15.7. The highest BCUT2D eigenvalue weighted by Gasteiger charge is 2.21. The first-order valence-corrected chi connectivity index (χ1v) is 9.69. The number of carbonyl (C=O) groups is 1. The molecule has 0 saturated carbocycles. The van der Waals surface area contributed by atoms with Gasteiger partial charge in [-0.3, -0.25) is 4.79 Å². The third kappa shape index (κ3) is 4.67. The van der Waals surface area contributed by atoms with Crippen molar-refractivity contribution in [3.63, 3.8) is 0 Å². The summed E-state index contributed by atoms with van der Waals surface area (Å²) in [5.74, 6) is -0.405. The Labute approximate surface area is 155 Å². The number of hydrogen-bond donors (Lipinski definition) is 1. The maximum Gasteiger partial charge on any atom is 0.274 e. The van der Waals surface area contributed by atoms with Gasteiger partial charge in [-0.05, 0) is 35.4 Å². The third-order valence-corrected chi connectivity index (χ3v) is 5.48. The topological polar surface area (TPSA) is 64.6 Å². The summed E-state index contributed by atoms with van der Waals surface area (Å²) >= 11 is 4.97. The van der Waals surface area contributed by atoms with Crippen molar-refractivity contribution in [2.45, 2.75) is 4.90 Å². The molecule has 0 aromatic heterocycles. The van der Waals surface area contributed by atoms with Crippen molar-refractivity contribution >= 4 is 40.1 Å². The van der Waals surface area contributed by atoms with E-state index in [1.54, 1.807) is 42.5 Å². The number of ether oxygens (including phenoxy) is 1. The smallest absolute Gasteiger partial charge is 0.274 e. The summed E-state index contributed by atoms with van der Waals surface area (Å²) in [4.78, 5) is 15.1. The number of halogens is 1. The van der Waals surface area contributed by atoms with Crippen molar-refractivity contribution in [3.8, 4) is 0 Å². The lowest BCUT2D eigenvalue weighted by atomic mass is 10.2. The van der Waals surface area contributed by atoms with Crippen LogP contribution in [0.25, 0.3) is 0 Å². The highest BCUT2D eigenvalue weighted by Crippen LogP contribution is 2.34. The number of carbonyl (C=O) groups excluding carboxylic acids is 1. The molecule has 5 nitrogen and oxygen atoms in total. The molecule has 1 unspecified atom stereocenters. The van der Waals surface area contributed by atoms with E-state index >= 15 is 0 Å². The second-order valence-electron chi connectivity index (χ2n) is 5.59. The maximum atomic E-state index is 12.4. The second kappa shape index (κ2) is 8.58. The maximum absolute atomic E-state index is 12.4. The van der Waals surface area contributed by atoms with Crippen LogP contribution in [-0.4, -0.2) is 42.5 Å². The molecule has 1 N–H and O–H groups in total. The number of anilines is 2. The van der Waals surface area contributed by atoms with E-state index in [1.807, 2.05) is 6.07 Å². The van der Waals surface area contributed by atoms with E-state index in [1.165, 1.54) is 0 Å². The van der Waals surface area contributed by atoms with Gasteiger partial charge in [0.05, 0.1) is 29.6 Å². The molecule has 1 fully saturated rings. The number of amides is 1. The average Bonchev–Trinajstić information content (AvgIpc) is 2.63. The highest BCUT2D eigenvalue weighted by molar-refractivity contribution is 7.92. The van der Waals surface area contributed by atoms with Gasteiger partial charge in [0.15, 0.2) is 10.6 Å². The van der Waals surface area contributed by atoms with Crippen molar-refractivity contribution < 1.29 is 14.1 Å². The van der Waals surface area contributed by atoms with Gasteiger partial charge in [0, 0.05) is 13.1 Å². The van der Waals surface area contributed by atoms with Gasteiger partial charge in [0.2, 0.25) is 0 Å². The summed E-state index contributed by atoms with van der Waals surface area (Å²) in [6, 6.07) is 14.3. The second-order valence-corrected chi connectivity index (χ2v) is 7.44. The predicted molar refractivity (Wildman–Crippen MR) is 101 cm³/mol. The molecule has 25 heavy (non-hydrogen) atoms. The van der Waals surface area contributed by atoms with Crippen molar-refractivity contribution in [2.24, 2.45) is 0 Å². The largest absolute Gasteiger partial charge is 0.611 e. The van der Waals surface area contributed by atoms with Crippen molar-refractivity contribution in [2.75, 3.05) is 42.3 Å². The Hall–Kier alpha value is -1.73. The fourth-order valence-corrected chi connectivity index (χ4v) is 3.92. The van der Waals surface area contributed by atoms with Crippen LogP contribution in [0.4, 0.5) is 11.4 Å². The number of benzene rings is 2. The van der Waals surface area contributed by atoms with E-state index < -0.39 is 11.2 Å². The first-order chi connectivity index (χ1) is 12.1. The molecular weight excluding hydrogens is 360 g/mol. The zero-order valence-corrected chi connectivity index (χ0v) is 15.2. The molecule has 1 saturated heterocycles. The number of nitrogens with zero attached hydrogens (tertiary/aromatic N) is 1. The van der Waals surface area contributed by atoms with Gasteiger partial charge >= 0.3 is 0 Å². The summed E-state index contributed by atoms with van der Waals surface area (Å²) < 4.78 is 17.7. The SMILES string of the molecule is O=C(C[S+]([O-])c1ccccc1)Nc1cccc(Cl)c1N1CCOCC1. The van der Waals surface area contributed by atoms with Crippen LogP contribution in [0.15, 0.2) is 53.4 Å². The number of morpholine rings is 1. The van der Waals surface area contributed by atoms with Crippen LogP contribution < -0.4 is 10.2 Å². The Bertz CT molecular complexity index is 724. The van der Waals surface area contributed by atoms with Gasteiger partial charge in [0.1, 0.15) is 0 Å². The molecular formula is C18H19ClN2O3S. The Morgan fingerprint density at radius 1 is 1.16 bits per heavy atom. The van der Waals surface area contributed by atoms with Crippen LogP contribution in [0.3, 0.4) is 0 Å². The lowest BCUT2D eigenvalue weighted by Crippen LogP contribution is -2.37. The molecule has 3 rings (SSSR count). The molecule has 2 aromatic carbocycles. The summed E-state index contributed by atoms with van der Waals surface area (Å²) in [6.07, 6.45) is 0. The molecule has 132 valence electrons. The van der Waals surface area contributed by atoms with Gasteiger partial charge in [-0.15, -0.1) is 0 Å². The van der Waals surface area contributed by atoms with Gasteiger partial charge in [-0.25, -0.2) is 0 Å². The quantitative estimate of drug-likeness (QED) is 0.812. The van der Waals surface area contributed by atoms with Crippen LogP contribution in [0, 0.1) is 0 Å². The van der Waals surface area contributed by atoms with Gasteiger partial charge in [0.25, 0.3) is 5.91 Å². The van der Waals surface area contributed by atoms with E-state index in [0.29, 0.717) is 41.9 Å². The summed E-state index contributed by atoms with van der Waals surface area (Å²) in [5.41, 5.74) is 1.41. The number of rotatable bonds is 5. The Morgan fingerprint density at radius 3 is 2.60 bits per heavy atom. The number of hydrogen-bond acceptors (Lipinski definition) is 4. The zero-order chi connectivity index (χ0) is 17.6. The van der Waals surface area contributed by atoms with E-state index in [2.05, 4.69) is 10.2 Å². The molecule has 0 spiro atoms. The lowest BCUT2D eigenvalue weighted by molar-refractivity contribution is -0.113. The number of nitrogens with one attached hydrogen (secondary N) is 1. The molecule has 0 aliphatic carbocycles. The molecule has 0 radical (unpaired) electrons. The van der Waals surface area contributed by atoms with Crippen LogP contribution in [0.5, 0.6) is 0 Å². The Morgan fingerprint density at radius 2 is 1.88 bits per heavy atom. The van der Waals surface area contributed by atoms with E-state index in [-0.39, 0.29) is 11.7 Å². The first-order valence-electron chi connectivity index (χ1n) is 7.99. The third-order valence-electron chi connectivity index (χ3n) is 3.86. The highest BCUT2D eigenvalue weighted by atomic mass is 35.5. The molecule has 1 heterocycles. The van der Waals surface area contributed by atoms with E-state index in [4.69, 9.17) is 16.3 Å². The molecule has 1 aliphatic heterocycles. The van der Waals surface area contributed by atoms with Crippen molar-refractivity contribution in [1.82, 2.24) is 0 Å². The van der Waals surface area contributed by atoms with Crippen molar-refractivity contribution in [3.05, 3.63) is 53.6 Å². The fraction of sp³-hybridized carbons (Fsp3) is 0.278. The van der Waals surface area contributed by atoms with Crippen LogP contribution in [-0.2, 0) is 20.7 Å². The lowest BCUT2D eigenvalue weighted by Gasteiger charge is -2.31. The van der Waals surface area contributed by atoms with Crippen LogP contribution in [0.1, 0.15) is 0 Å². The predicted octanol–water partition coefficient (Wildman–Crippen LogP) is 2.92. The molecule has 1 atom stereocenters. The summed E-state index contributed by atoms with van der Waals surface area (Å²) in [5, 5.41) is 3.42. The zero-order valence-electron chi connectivity index (χ0n) is 13.6. The average molecular weight is 379 g/mol. The minimum Gasteiger partial charge on any atom is -0.611 e.